The van der Waals surface area contributed by atoms with Crippen LogP contribution in [0.25, 0.3) is 0 Å². The van der Waals surface area contributed by atoms with E-state index in [4.69, 9.17) is 5.11 Å². The van der Waals surface area contributed by atoms with E-state index in [1.165, 1.54) is 0 Å². The maximum Gasteiger partial charge on any atom is 0.326 e. The second-order valence-electron chi connectivity index (χ2n) is 4.06. The van der Waals surface area contributed by atoms with E-state index in [-0.39, 0.29) is 5.92 Å². The van der Waals surface area contributed by atoms with Gasteiger partial charge in [0, 0.05) is 12.3 Å². The number of carbonyl (C=O) groups is 2. The monoisotopic (exact) mass is 237 g/mol. The zero-order valence-electron chi connectivity index (χ0n) is 9.54. The summed E-state index contributed by atoms with van der Waals surface area (Å²) in [4.78, 5) is 22.1. The fourth-order valence-electron chi connectivity index (χ4n) is 1.01. The number of hydrogen-bond donors (Lipinski definition) is 2. The molecule has 0 aliphatic rings. The Morgan fingerprint density at radius 2 is 1.75 bits per heavy atom. The van der Waals surface area contributed by atoms with Crippen LogP contribution in [0.1, 0.15) is 27.2 Å². The molecule has 0 heterocycles. The van der Waals surface area contributed by atoms with Gasteiger partial charge < -0.3 is 10.4 Å². The van der Waals surface area contributed by atoms with Crippen LogP contribution in [-0.4, -0.2) is 29.5 Å². The molecule has 1 amide bonds. The van der Waals surface area contributed by atoms with Gasteiger partial charge in [0.25, 0.3) is 0 Å². The molecule has 0 fully saturated rings. The largest absolute Gasteiger partial charge is 0.480 e. The first-order valence-corrected chi connectivity index (χ1v) is 5.07. The van der Waals surface area contributed by atoms with Gasteiger partial charge in [0.2, 0.25) is 12.3 Å². The smallest absolute Gasteiger partial charge is 0.326 e. The van der Waals surface area contributed by atoms with Crippen LogP contribution in [0.3, 0.4) is 0 Å². The van der Waals surface area contributed by atoms with Crippen LogP contribution in [0.15, 0.2) is 0 Å². The fraction of sp³-hybridized carbons (Fsp3) is 0.800. The van der Waals surface area contributed by atoms with Gasteiger partial charge in [0.15, 0.2) is 0 Å². The molecule has 2 unspecified atom stereocenters. The number of rotatable bonds is 6. The summed E-state index contributed by atoms with van der Waals surface area (Å²) in [5.41, 5.74) is 0. The first-order valence-electron chi connectivity index (χ1n) is 5.07. The number of carboxylic acid groups (broad SMARTS) is 1. The normalized spacial score (nSPS) is 14.9. The molecular weight excluding hydrogens is 220 g/mol. The predicted molar refractivity (Wildman–Crippen MR) is 54.2 cm³/mol. The first kappa shape index (κ1) is 14.8. The lowest BCUT2D eigenvalue weighted by molar-refractivity contribution is -0.143. The second-order valence-corrected chi connectivity index (χ2v) is 4.06. The fourth-order valence-corrected chi connectivity index (χ4v) is 1.01. The number of carbonyl (C=O) groups excluding carboxylic acids is 1. The minimum Gasteiger partial charge on any atom is -0.480 e. The highest BCUT2D eigenvalue weighted by atomic mass is 19.3. The number of halogens is 2. The number of amides is 1. The molecule has 0 aliphatic heterocycles. The zero-order chi connectivity index (χ0) is 12.9. The van der Waals surface area contributed by atoms with Gasteiger partial charge in [0.1, 0.15) is 6.04 Å². The molecule has 0 spiro atoms. The summed E-state index contributed by atoms with van der Waals surface area (Å²) in [7, 11) is 0. The summed E-state index contributed by atoms with van der Waals surface area (Å²) in [6.45, 7) is 5.22. The third-order valence-corrected chi connectivity index (χ3v) is 2.44. The Labute approximate surface area is 93.0 Å². The average Bonchev–Trinajstić information content (AvgIpc) is 2.14. The number of nitrogens with one attached hydrogen (secondary N) is 1. The third kappa shape index (κ3) is 5.04. The molecule has 0 bridgehead atoms. The van der Waals surface area contributed by atoms with Crippen LogP contribution >= 0.6 is 0 Å². The standard InChI is InChI=1S/C10H17F2NO3/c1-5(2)6(3)9(14)13-7(10(15)16)4-8(11)12/h5-8H,4H2,1-3H3,(H,13,14)(H,15,16). The van der Waals surface area contributed by atoms with E-state index < -0.39 is 36.7 Å². The van der Waals surface area contributed by atoms with Gasteiger partial charge in [-0.1, -0.05) is 20.8 Å². The van der Waals surface area contributed by atoms with Crippen molar-refractivity contribution in [2.75, 3.05) is 0 Å². The van der Waals surface area contributed by atoms with E-state index in [9.17, 15) is 18.4 Å². The van der Waals surface area contributed by atoms with Gasteiger partial charge >= 0.3 is 5.97 Å². The number of carboxylic acids is 1. The summed E-state index contributed by atoms with van der Waals surface area (Å²) >= 11 is 0. The lowest BCUT2D eigenvalue weighted by atomic mass is 9.97. The van der Waals surface area contributed by atoms with E-state index >= 15 is 0 Å². The van der Waals surface area contributed by atoms with Crippen molar-refractivity contribution in [3.8, 4) is 0 Å². The number of alkyl halides is 2. The van der Waals surface area contributed by atoms with E-state index in [0.29, 0.717) is 0 Å². The highest BCUT2D eigenvalue weighted by molar-refractivity contribution is 5.84. The van der Waals surface area contributed by atoms with Gasteiger partial charge in [0.05, 0.1) is 0 Å². The molecule has 94 valence electrons. The highest BCUT2D eigenvalue weighted by Gasteiger charge is 2.26. The Bertz CT molecular complexity index is 256. The van der Waals surface area contributed by atoms with Crippen molar-refractivity contribution in [3.05, 3.63) is 0 Å². The van der Waals surface area contributed by atoms with Gasteiger partial charge in [-0.15, -0.1) is 0 Å². The summed E-state index contributed by atoms with van der Waals surface area (Å²) in [5, 5.41) is 10.8. The van der Waals surface area contributed by atoms with E-state index in [0.717, 1.165) is 0 Å². The maximum absolute atomic E-state index is 12.0. The van der Waals surface area contributed by atoms with Crippen LogP contribution in [0.5, 0.6) is 0 Å². The second kappa shape index (κ2) is 6.40. The van der Waals surface area contributed by atoms with Crippen LogP contribution in [0, 0.1) is 11.8 Å². The van der Waals surface area contributed by atoms with E-state index in [1.54, 1.807) is 20.8 Å². The maximum atomic E-state index is 12.0. The Hall–Kier alpha value is -1.20. The van der Waals surface area contributed by atoms with Crippen molar-refractivity contribution < 1.29 is 23.5 Å². The number of hydrogen-bond acceptors (Lipinski definition) is 2. The molecule has 0 aliphatic carbocycles. The Morgan fingerprint density at radius 1 is 1.25 bits per heavy atom. The van der Waals surface area contributed by atoms with Gasteiger partial charge in [-0.3, -0.25) is 4.79 Å². The van der Waals surface area contributed by atoms with Crippen molar-refractivity contribution in [2.45, 2.75) is 39.7 Å². The van der Waals surface area contributed by atoms with Crippen LogP contribution in [0.2, 0.25) is 0 Å². The Balaban J connectivity index is 4.40. The van der Waals surface area contributed by atoms with E-state index in [1.807, 2.05) is 0 Å². The van der Waals surface area contributed by atoms with E-state index in [2.05, 4.69) is 5.32 Å². The Kier molecular flexibility index (Phi) is 5.92. The SMILES string of the molecule is CC(C)C(C)C(=O)NC(CC(F)F)C(=O)O. The van der Waals surface area contributed by atoms with Crippen molar-refractivity contribution in [1.82, 2.24) is 5.32 Å². The van der Waals surface area contributed by atoms with Crippen molar-refractivity contribution in [1.29, 1.82) is 0 Å². The molecule has 0 aromatic carbocycles. The van der Waals surface area contributed by atoms with Gasteiger partial charge in [-0.05, 0) is 5.92 Å². The van der Waals surface area contributed by atoms with Crippen LogP contribution in [-0.2, 0) is 9.59 Å². The predicted octanol–water partition coefficient (Wildman–Crippen LogP) is 1.50. The van der Waals surface area contributed by atoms with Crippen molar-refractivity contribution in [3.63, 3.8) is 0 Å². The lowest BCUT2D eigenvalue weighted by Gasteiger charge is -2.19. The molecule has 0 aromatic rings. The molecule has 6 heteroatoms. The minimum atomic E-state index is -2.75. The van der Waals surface area contributed by atoms with Crippen molar-refractivity contribution in [2.24, 2.45) is 11.8 Å². The van der Waals surface area contributed by atoms with Crippen LogP contribution in [0.4, 0.5) is 8.78 Å². The molecule has 0 saturated heterocycles. The zero-order valence-corrected chi connectivity index (χ0v) is 9.54. The van der Waals surface area contributed by atoms with Crippen LogP contribution < -0.4 is 5.32 Å². The van der Waals surface area contributed by atoms with Gasteiger partial charge in [-0.25, -0.2) is 13.6 Å². The molecule has 0 rings (SSSR count). The number of aliphatic carboxylic acids is 1. The average molecular weight is 237 g/mol. The summed E-state index contributed by atoms with van der Waals surface area (Å²) in [6.07, 6.45) is -3.62. The molecular formula is C10H17F2NO3. The molecule has 2 N–H and O–H groups in total. The highest BCUT2D eigenvalue weighted by Crippen LogP contribution is 2.11. The first-order chi connectivity index (χ1) is 7.25. The quantitative estimate of drug-likeness (QED) is 0.735. The summed E-state index contributed by atoms with van der Waals surface area (Å²) in [6, 6.07) is -1.52. The minimum absolute atomic E-state index is 0.0287. The molecule has 0 saturated carbocycles. The van der Waals surface area contributed by atoms with Crippen molar-refractivity contribution >= 4 is 11.9 Å². The third-order valence-electron chi connectivity index (χ3n) is 2.44. The molecule has 4 nitrogen and oxygen atoms in total. The molecule has 2 atom stereocenters. The lowest BCUT2D eigenvalue weighted by Crippen LogP contribution is -2.45. The molecule has 0 aromatic heterocycles. The topological polar surface area (TPSA) is 66.4 Å². The Morgan fingerprint density at radius 3 is 2.06 bits per heavy atom. The molecule has 16 heavy (non-hydrogen) atoms. The molecule has 0 radical (unpaired) electrons. The summed E-state index contributed by atoms with van der Waals surface area (Å²) in [5.74, 6) is -2.33. The summed E-state index contributed by atoms with van der Waals surface area (Å²) < 4.78 is 24.1. The van der Waals surface area contributed by atoms with Gasteiger partial charge in [-0.2, -0.15) is 0 Å².